The minimum atomic E-state index is -2.52. The number of nitrogens with two attached hydrogens (primary N) is 1. The molecule has 1 fully saturated rings. The van der Waals surface area contributed by atoms with Crippen LogP contribution in [0.1, 0.15) is 37.4 Å². The lowest BCUT2D eigenvalue weighted by atomic mass is 10.0. The van der Waals surface area contributed by atoms with Crippen molar-refractivity contribution >= 4 is 0 Å². The Labute approximate surface area is 87.3 Å². The number of nitrogens with zero attached hydrogens (tertiary/aromatic N) is 2. The van der Waals surface area contributed by atoms with Gasteiger partial charge in [0.25, 0.3) is 6.43 Å². The van der Waals surface area contributed by atoms with E-state index >= 15 is 0 Å². The standard InChI is InChI=1S/C10H15F2N3/c1-10(2)6(8(10)13)5-4-15(3)14-7(5)9(11)12/h4,6,8-9H,13H2,1-3H3. The van der Waals surface area contributed by atoms with Gasteiger partial charge in [0.15, 0.2) is 0 Å². The Morgan fingerprint density at radius 3 is 2.47 bits per heavy atom. The van der Waals surface area contributed by atoms with Gasteiger partial charge in [0, 0.05) is 30.8 Å². The van der Waals surface area contributed by atoms with Gasteiger partial charge in [0.1, 0.15) is 5.69 Å². The maximum atomic E-state index is 12.7. The maximum absolute atomic E-state index is 12.7. The quantitative estimate of drug-likeness (QED) is 0.817. The molecule has 0 amide bonds. The van der Waals surface area contributed by atoms with Crippen molar-refractivity contribution in [2.75, 3.05) is 0 Å². The Kier molecular flexibility index (Phi) is 2.12. The van der Waals surface area contributed by atoms with Crippen molar-refractivity contribution in [3.63, 3.8) is 0 Å². The Morgan fingerprint density at radius 2 is 2.07 bits per heavy atom. The summed E-state index contributed by atoms with van der Waals surface area (Å²) in [5, 5.41) is 3.78. The van der Waals surface area contributed by atoms with Gasteiger partial charge in [-0.05, 0) is 5.41 Å². The third-order valence-corrected chi connectivity index (χ3v) is 3.34. The summed E-state index contributed by atoms with van der Waals surface area (Å²) in [4.78, 5) is 0. The topological polar surface area (TPSA) is 43.8 Å². The highest BCUT2D eigenvalue weighted by Crippen LogP contribution is 2.58. The van der Waals surface area contributed by atoms with Crippen molar-refractivity contribution in [3.8, 4) is 0 Å². The Morgan fingerprint density at radius 1 is 1.53 bits per heavy atom. The van der Waals surface area contributed by atoms with Gasteiger partial charge in [-0.1, -0.05) is 13.8 Å². The molecule has 5 heteroatoms. The second kappa shape index (κ2) is 3.01. The molecule has 1 saturated carbocycles. The van der Waals surface area contributed by atoms with Crippen LogP contribution < -0.4 is 5.73 Å². The summed E-state index contributed by atoms with van der Waals surface area (Å²) in [5.41, 5.74) is 6.26. The van der Waals surface area contributed by atoms with Crippen LogP contribution in [0.5, 0.6) is 0 Å². The summed E-state index contributed by atoms with van der Waals surface area (Å²) in [6.07, 6.45) is -0.870. The molecule has 0 bridgehead atoms. The summed E-state index contributed by atoms with van der Waals surface area (Å²) in [7, 11) is 1.65. The number of halogens is 2. The zero-order valence-corrected chi connectivity index (χ0v) is 9.04. The van der Waals surface area contributed by atoms with Crippen LogP contribution in [0.3, 0.4) is 0 Å². The number of alkyl halides is 2. The van der Waals surface area contributed by atoms with Crippen LogP contribution in [0.25, 0.3) is 0 Å². The van der Waals surface area contributed by atoms with E-state index in [1.165, 1.54) is 4.68 Å². The van der Waals surface area contributed by atoms with E-state index in [1.54, 1.807) is 13.2 Å². The van der Waals surface area contributed by atoms with Gasteiger partial charge in [-0.15, -0.1) is 0 Å². The lowest BCUT2D eigenvalue weighted by molar-refractivity contribution is 0.144. The third-order valence-electron chi connectivity index (χ3n) is 3.34. The number of aryl methyl sites for hydroxylation is 1. The van der Waals surface area contributed by atoms with Crippen molar-refractivity contribution in [1.29, 1.82) is 0 Å². The van der Waals surface area contributed by atoms with Gasteiger partial charge in [-0.25, -0.2) is 8.78 Å². The van der Waals surface area contributed by atoms with E-state index in [0.717, 1.165) is 0 Å². The molecule has 3 nitrogen and oxygen atoms in total. The molecule has 1 aliphatic rings. The van der Waals surface area contributed by atoms with Crippen LogP contribution >= 0.6 is 0 Å². The van der Waals surface area contributed by atoms with Crippen molar-refractivity contribution in [3.05, 3.63) is 17.5 Å². The van der Waals surface area contributed by atoms with Crippen LogP contribution in [0.4, 0.5) is 8.78 Å². The molecule has 15 heavy (non-hydrogen) atoms. The lowest BCUT2D eigenvalue weighted by Crippen LogP contribution is -2.06. The highest BCUT2D eigenvalue weighted by Gasteiger charge is 2.57. The second-order valence-corrected chi connectivity index (χ2v) is 4.77. The lowest BCUT2D eigenvalue weighted by Gasteiger charge is -2.01. The SMILES string of the molecule is Cn1cc(C2C(N)C2(C)C)c(C(F)F)n1. The molecule has 0 aliphatic heterocycles. The first-order valence-corrected chi connectivity index (χ1v) is 4.93. The average Bonchev–Trinajstić information content (AvgIpc) is 2.46. The van der Waals surface area contributed by atoms with Gasteiger partial charge >= 0.3 is 0 Å². The molecule has 1 aliphatic carbocycles. The minimum absolute atomic E-state index is 0.00944. The van der Waals surface area contributed by atoms with Gasteiger partial charge in [-0.3, -0.25) is 4.68 Å². The highest BCUT2D eigenvalue weighted by molar-refractivity contribution is 5.36. The molecule has 1 aromatic heterocycles. The van der Waals surface area contributed by atoms with Crippen molar-refractivity contribution in [2.24, 2.45) is 18.2 Å². The summed E-state index contributed by atoms with van der Waals surface area (Å²) in [5.74, 6) is 0.00944. The minimum Gasteiger partial charge on any atom is -0.327 e. The van der Waals surface area contributed by atoms with Crippen LogP contribution in [-0.4, -0.2) is 15.8 Å². The molecule has 2 N–H and O–H groups in total. The molecule has 2 rings (SSSR count). The molecule has 2 unspecified atom stereocenters. The van der Waals surface area contributed by atoms with Gasteiger partial charge in [-0.2, -0.15) is 5.10 Å². The predicted octanol–water partition coefficient (Wildman–Crippen LogP) is 1.81. The fraction of sp³-hybridized carbons (Fsp3) is 0.700. The van der Waals surface area contributed by atoms with E-state index in [4.69, 9.17) is 5.73 Å². The number of aromatic nitrogens is 2. The Balaban J connectivity index is 2.37. The fourth-order valence-corrected chi connectivity index (χ4v) is 2.21. The molecule has 0 aromatic carbocycles. The normalized spacial score (nSPS) is 28.5. The van der Waals surface area contributed by atoms with Crippen molar-refractivity contribution in [2.45, 2.75) is 32.2 Å². The van der Waals surface area contributed by atoms with E-state index in [1.807, 2.05) is 13.8 Å². The zero-order valence-electron chi connectivity index (χ0n) is 9.04. The molecule has 2 atom stereocenters. The summed E-state index contributed by atoms with van der Waals surface area (Å²) >= 11 is 0. The zero-order chi connectivity index (χ0) is 11.4. The first-order valence-electron chi connectivity index (χ1n) is 4.93. The molecule has 0 spiro atoms. The predicted molar refractivity (Wildman–Crippen MR) is 52.7 cm³/mol. The molecule has 1 aromatic rings. The smallest absolute Gasteiger partial charge is 0.282 e. The van der Waals surface area contributed by atoms with Gasteiger partial charge in [0.2, 0.25) is 0 Å². The maximum Gasteiger partial charge on any atom is 0.282 e. The van der Waals surface area contributed by atoms with Crippen LogP contribution in [-0.2, 0) is 7.05 Å². The molecule has 84 valence electrons. The monoisotopic (exact) mass is 215 g/mol. The summed E-state index contributed by atoms with van der Waals surface area (Å²) < 4.78 is 26.8. The van der Waals surface area contributed by atoms with Gasteiger partial charge < -0.3 is 5.73 Å². The molecular formula is C10H15F2N3. The number of hydrogen-bond donors (Lipinski definition) is 1. The van der Waals surface area contributed by atoms with Crippen LogP contribution in [0.2, 0.25) is 0 Å². The van der Waals surface area contributed by atoms with Crippen molar-refractivity contribution < 1.29 is 8.78 Å². The molecule has 0 radical (unpaired) electrons. The van der Waals surface area contributed by atoms with Crippen LogP contribution in [0.15, 0.2) is 6.20 Å². The first kappa shape index (κ1) is 10.5. The van der Waals surface area contributed by atoms with E-state index in [2.05, 4.69) is 5.10 Å². The van der Waals surface area contributed by atoms with Crippen LogP contribution in [0, 0.1) is 5.41 Å². The molecule has 0 saturated heterocycles. The van der Waals surface area contributed by atoms with E-state index in [9.17, 15) is 8.78 Å². The number of hydrogen-bond acceptors (Lipinski definition) is 2. The van der Waals surface area contributed by atoms with Gasteiger partial charge in [0.05, 0.1) is 0 Å². The molecular weight excluding hydrogens is 200 g/mol. The van der Waals surface area contributed by atoms with E-state index < -0.39 is 6.43 Å². The third kappa shape index (κ3) is 1.45. The van der Waals surface area contributed by atoms with Crippen molar-refractivity contribution in [1.82, 2.24) is 9.78 Å². The van der Waals surface area contributed by atoms with E-state index in [-0.39, 0.29) is 23.1 Å². The van der Waals surface area contributed by atoms with E-state index in [0.29, 0.717) is 5.56 Å². The second-order valence-electron chi connectivity index (χ2n) is 4.77. The molecule has 1 heterocycles. The first-order chi connectivity index (χ1) is 6.85. The Hall–Kier alpha value is -0.970. The summed E-state index contributed by atoms with van der Waals surface area (Å²) in [6, 6.07) is -0.0424. The fourth-order valence-electron chi connectivity index (χ4n) is 2.21. The Bertz CT molecular complexity index is 384. The highest BCUT2D eigenvalue weighted by atomic mass is 19.3. The number of rotatable bonds is 2. The summed E-state index contributed by atoms with van der Waals surface area (Å²) in [6.45, 7) is 3.98. The largest absolute Gasteiger partial charge is 0.327 e. The average molecular weight is 215 g/mol.